The molecular weight excluding hydrogens is 368 g/mol. The number of hydrogen-bond donors (Lipinski definition) is 1. The van der Waals surface area contributed by atoms with Crippen LogP contribution in [-0.4, -0.2) is 16.0 Å². The number of nitrogens with one attached hydrogen (secondary N) is 1. The number of halogens is 2. The minimum absolute atomic E-state index is 0.137. The van der Waals surface area contributed by atoms with Gasteiger partial charge in [-0.2, -0.15) is 0 Å². The summed E-state index contributed by atoms with van der Waals surface area (Å²) in [6.07, 6.45) is 0. The first-order valence-corrected chi connectivity index (χ1v) is 8.44. The van der Waals surface area contributed by atoms with E-state index in [1.54, 1.807) is 32.9 Å². The molecule has 142 valence electrons. The lowest BCUT2D eigenvalue weighted by Crippen LogP contribution is -2.14. The Labute approximate surface area is 158 Å². The molecule has 1 aromatic carbocycles. The van der Waals surface area contributed by atoms with E-state index < -0.39 is 17.5 Å². The lowest BCUT2D eigenvalue weighted by Gasteiger charge is -2.09. The van der Waals surface area contributed by atoms with Crippen LogP contribution in [0.2, 0.25) is 0 Å². The van der Waals surface area contributed by atoms with Crippen molar-refractivity contribution in [1.29, 1.82) is 0 Å². The van der Waals surface area contributed by atoms with Gasteiger partial charge in [-0.05, 0) is 45.0 Å². The van der Waals surface area contributed by atoms with E-state index in [9.17, 15) is 13.6 Å². The molecule has 4 aromatic rings. The van der Waals surface area contributed by atoms with E-state index >= 15 is 0 Å². The highest BCUT2D eigenvalue weighted by Gasteiger charge is 2.21. The largest absolute Gasteiger partial charge is 0.466 e. The van der Waals surface area contributed by atoms with Gasteiger partial charge >= 0.3 is 0 Å². The monoisotopic (exact) mass is 383 g/mol. The molecule has 0 saturated carbocycles. The second-order valence-corrected chi connectivity index (χ2v) is 6.41. The summed E-state index contributed by atoms with van der Waals surface area (Å²) in [6.45, 7) is 5.27. The van der Waals surface area contributed by atoms with Gasteiger partial charge in [-0.25, -0.2) is 13.8 Å². The smallest absolute Gasteiger partial charge is 0.259 e. The summed E-state index contributed by atoms with van der Waals surface area (Å²) >= 11 is 0. The van der Waals surface area contributed by atoms with Crippen LogP contribution in [0, 0.1) is 32.4 Å². The zero-order valence-corrected chi connectivity index (χ0v) is 15.3. The number of pyridine rings is 1. The Morgan fingerprint density at radius 1 is 1.11 bits per heavy atom. The highest BCUT2D eigenvalue weighted by molar-refractivity contribution is 6.13. The number of furan rings is 1. The van der Waals surface area contributed by atoms with Crippen molar-refractivity contribution in [2.75, 3.05) is 5.32 Å². The van der Waals surface area contributed by atoms with Crippen molar-refractivity contribution in [3.63, 3.8) is 0 Å². The summed E-state index contributed by atoms with van der Waals surface area (Å²) in [4.78, 5) is 17.3. The molecule has 0 saturated heterocycles. The third-order valence-electron chi connectivity index (χ3n) is 4.36. The molecule has 0 aliphatic carbocycles. The van der Waals surface area contributed by atoms with Crippen LogP contribution in [0.15, 0.2) is 39.3 Å². The van der Waals surface area contributed by atoms with Gasteiger partial charge in [0.1, 0.15) is 23.2 Å². The van der Waals surface area contributed by atoms with E-state index in [1.165, 1.54) is 0 Å². The van der Waals surface area contributed by atoms with Crippen molar-refractivity contribution in [3.8, 4) is 11.3 Å². The number of amides is 1. The normalized spacial score (nSPS) is 11.2. The molecule has 0 unspecified atom stereocenters. The van der Waals surface area contributed by atoms with E-state index in [0.717, 1.165) is 12.1 Å². The molecule has 0 aliphatic heterocycles. The topological polar surface area (TPSA) is 81.2 Å². The standard InChI is InChI=1S/C20H15F2N3O3/c1-9-6-13(11(3)27-9)17-8-14(18-10(2)25-28-20(18)24-17)19(26)23-16-5-4-12(21)7-15(16)22/h4-8H,1-3H3,(H,23,26). The van der Waals surface area contributed by atoms with Gasteiger partial charge < -0.3 is 14.3 Å². The number of benzene rings is 1. The molecule has 6 nitrogen and oxygen atoms in total. The molecule has 0 aliphatic rings. The van der Waals surface area contributed by atoms with Crippen molar-refractivity contribution in [3.05, 3.63) is 64.7 Å². The van der Waals surface area contributed by atoms with Crippen molar-refractivity contribution in [1.82, 2.24) is 10.1 Å². The summed E-state index contributed by atoms with van der Waals surface area (Å²) in [7, 11) is 0. The predicted molar refractivity (Wildman–Crippen MR) is 98.0 cm³/mol. The summed E-state index contributed by atoms with van der Waals surface area (Å²) in [5.41, 5.74) is 1.89. The van der Waals surface area contributed by atoms with E-state index in [4.69, 9.17) is 8.94 Å². The fraction of sp³-hybridized carbons (Fsp3) is 0.150. The Morgan fingerprint density at radius 3 is 2.57 bits per heavy atom. The van der Waals surface area contributed by atoms with Crippen molar-refractivity contribution >= 4 is 22.7 Å². The number of carbonyl (C=O) groups excluding carboxylic acids is 1. The van der Waals surface area contributed by atoms with Crippen LogP contribution < -0.4 is 5.32 Å². The number of hydrogen-bond acceptors (Lipinski definition) is 5. The second kappa shape index (κ2) is 6.56. The minimum atomic E-state index is -0.873. The summed E-state index contributed by atoms with van der Waals surface area (Å²) in [5.74, 6) is -0.866. The fourth-order valence-corrected chi connectivity index (χ4v) is 3.08. The van der Waals surface area contributed by atoms with E-state index in [-0.39, 0.29) is 17.0 Å². The Bertz CT molecular complexity index is 1230. The van der Waals surface area contributed by atoms with Crippen LogP contribution in [0.5, 0.6) is 0 Å². The van der Waals surface area contributed by atoms with E-state index in [0.29, 0.717) is 39.9 Å². The summed E-state index contributed by atoms with van der Waals surface area (Å²) in [6, 6.07) is 6.29. The van der Waals surface area contributed by atoms with Crippen LogP contribution in [-0.2, 0) is 0 Å². The van der Waals surface area contributed by atoms with Gasteiger partial charge in [0.25, 0.3) is 11.6 Å². The molecule has 0 bridgehead atoms. The SMILES string of the molecule is Cc1cc(-c2cc(C(=O)Nc3ccc(F)cc3F)c3c(C)noc3n2)c(C)o1. The fourth-order valence-electron chi connectivity index (χ4n) is 3.08. The minimum Gasteiger partial charge on any atom is -0.466 e. The second-order valence-electron chi connectivity index (χ2n) is 6.41. The number of aryl methyl sites for hydroxylation is 3. The number of fused-ring (bicyclic) bond motifs is 1. The maximum atomic E-state index is 13.9. The quantitative estimate of drug-likeness (QED) is 0.542. The van der Waals surface area contributed by atoms with Gasteiger partial charge in [0.05, 0.1) is 28.0 Å². The van der Waals surface area contributed by atoms with E-state index in [2.05, 4.69) is 15.5 Å². The zero-order chi connectivity index (χ0) is 20.0. The van der Waals surface area contributed by atoms with Crippen molar-refractivity contribution in [2.45, 2.75) is 20.8 Å². The molecule has 1 amide bonds. The van der Waals surface area contributed by atoms with E-state index in [1.807, 2.05) is 0 Å². The van der Waals surface area contributed by atoms with Crippen molar-refractivity contribution < 1.29 is 22.5 Å². The number of carbonyl (C=O) groups is 1. The molecule has 0 fully saturated rings. The first-order valence-electron chi connectivity index (χ1n) is 8.44. The third kappa shape index (κ3) is 3.02. The number of nitrogens with zero attached hydrogens (tertiary/aromatic N) is 2. The molecule has 3 aromatic heterocycles. The summed E-state index contributed by atoms with van der Waals surface area (Å²) in [5, 5.41) is 6.75. The molecule has 8 heteroatoms. The van der Waals surface area contributed by atoms with Gasteiger partial charge in [-0.15, -0.1) is 0 Å². The lowest BCUT2D eigenvalue weighted by molar-refractivity contribution is 0.102. The van der Waals surface area contributed by atoms with Gasteiger partial charge in [0.2, 0.25) is 0 Å². The molecule has 1 N–H and O–H groups in total. The van der Waals surface area contributed by atoms with Gasteiger partial charge in [0.15, 0.2) is 0 Å². The van der Waals surface area contributed by atoms with Crippen LogP contribution in [0.4, 0.5) is 14.5 Å². The molecule has 3 heterocycles. The highest BCUT2D eigenvalue weighted by Crippen LogP contribution is 2.31. The number of anilines is 1. The lowest BCUT2D eigenvalue weighted by atomic mass is 10.1. The average Bonchev–Trinajstić information content (AvgIpc) is 3.18. The Morgan fingerprint density at radius 2 is 1.89 bits per heavy atom. The molecular formula is C20H15F2N3O3. The molecule has 4 rings (SSSR count). The van der Waals surface area contributed by atoms with Gasteiger partial charge in [-0.3, -0.25) is 4.79 Å². The Kier molecular flexibility index (Phi) is 4.18. The molecule has 0 radical (unpaired) electrons. The first-order chi connectivity index (χ1) is 13.3. The van der Waals surface area contributed by atoms with Gasteiger partial charge in [-0.1, -0.05) is 5.16 Å². The van der Waals surface area contributed by atoms with Crippen LogP contribution >= 0.6 is 0 Å². The van der Waals surface area contributed by atoms with Crippen LogP contribution in [0.3, 0.4) is 0 Å². The molecule has 28 heavy (non-hydrogen) atoms. The van der Waals surface area contributed by atoms with Crippen LogP contribution in [0.25, 0.3) is 22.4 Å². The zero-order valence-electron chi connectivity index (χ0n) is 15.3. The maximum Gasteiger partial charge on any atom is 0.259 e. The average molecular weight is 383 g/mol. The van der Waals surface area contributed by atoms with Crippen LogP contribution in [0.1, 0.15) is 27.6 Å². The molecule has 0 spiro atoms. The highest BCUT2D eigenvalue weighted by atomic mass is 19.1. The molecule has 0 atom stereocenters. The van der Waals surface area contributed by atoms with Crippen molar-refractivity contribution in [2.24, 2.45) is 0 Å². The summed E-state index contributed by atoms with van der Waals surface area (Å²) < 4.78 is 37.8. The number of rotatable bonds is 3. The maximum absolute atomic E-state index is 13.9. The third-order valence-corrected chi connectivity index (χ3v) is 4.36. The predicted octanol–water partition coefficient (Wildman–Crippen LogP) is 4.94. The Balaban J connectivity index is 1.83. The Hall–Kier alpha value is -3.55. The van der Waals surface area contributed by atoms with Gasteiger partial charge in [0, 0.05) is 11.6 Å². The number of aromatic nitrogens is 2. The first kappa shape index (κ1) is 17.8.